The van der Waals surface area contributed by atoms with Gasteiger partial charge in [0.05, 0.1) is 0 Å². The maximum atomic E-state index is 3.60. The maximum absolute atomic E-state index is 3.60. The number of benzene rings is 4. The van der Waals surface area contributed by atoms with E-state index in [9.17, 15) is 0 Å². The molecule has 0 atom stereocenters. The van der Waals surface area contributed by atoms with Crippen LogP contribution in [-0.4, -0.2) is 6.88 Å². The van der Waals surface area contributed by atoms with Crippen molar-refractivity contribution < 1.29 is 23.3 Å². The normalized spacial score (nSPS) is 10.1. The average Bonchev–Trinajstić information content (AvgIpc) is 3.53. The van der Waals surface area contributed by atoms with E-state index in [1.165, 1.54) is 57.3 Å². The second kappa shape index (κ2) is 21.4. The topological polar surface area (TPSA) is 0 Å². The van der Waals surface area contributed by atoms with Gasteiger partial charge in [-0.1, -0.05) is 97.5 Å². The number of hydrogen-bond acceptors (Lipinski definition) is 0. The first-order chi connectivity index (χ1) is 17.7. The first-order valence-corrected chi connectivity index (χ1v) is 18.7. The summed E-state index contributed by atoms with van der Waals surface area (Å²) in [6, 6.07) is 36.2. The van der Waals surface area contributed by atoms with Crippen molar-refractivity contribution >= 4 is 31.7 Å². The molecule has 0 saturated carbocycles. The van der Waals surface area contributed by atoms with Gasteiger partial charge >= 0.3 is 30.2 Å². The zero-order valence-electron chi connectivity index (χ0n) is 22.8. The summed E-state index contributed by atoms with van der Waals surface area (Å²) in [7, 11) is 0. The van der Waals surface area contributed by atoms with Crippen molar-refractivity contribution in [2.24, 2.45) is 0 Å². The predicted octanol–water partition coefficient (Wildman–Crippen LogP) is 9.28. The van der Waals surface area contributed by atoms with Gasteiger partial charge in [0.25, 0.3) is 0 Å². The summed E-state index contributed by atoms with van der Waals surface area (Å²) in [5.41, 5.74) is 11.0. The summed E-state index contributed by atoms with van der Waals surface area (Å²) >= 11 is 1.58. The van der Waals surface area contributed by atoms with E-state index >= 15 is 0 Å². The third kappa shape index (κ3) is 10.6. The molecule has 6 rings (SSSR count). The Morgan fingerprint density at radius 1 is 0.605 bits per heavy atom. The van der Waals surface area contributed by atoms with Gasteiger partial charge in [0.15, 0.2) is 0 Å². The molecular weight excluding hydrogens is 599 g/mol. The minimum atomic E-state index is 0. The molecule has 0 bridgehead atoms. The molecule has 0 spiro atoms. The zero-order valence-corrected chi connectivity index (χ0v) is 28.3. The van der Waals surface area contributed by atoms with E-state index < -0.39 is 0 Å². The van der Waals surface area contributed by atoms with Crippen LogP contribution in [-0.2, 0) is 36.2 Å². The third-order valence-corrected chi connectivity index (χ3v) is 5.94. The Labute approximate surface area is 261 Å². The van der Waals surface area contributed by atoms with Crippen LogP contribution in [0.1, 0.15) is 61.8 Å². The van der Waals surface area contributed by atoms with Crippen LogP contribution >= 0.6 is 24.8 Å². The first kappa shape index (κ1) is 36.6. The summed E-state index contributed by atoms with van der Waals surface area (Å²) in [5, 5.41) is 0. The van der Waals surface area contributed by atoms with E-state index in [0.717, 1.165) is 25.7 Å². The van der Waals surface area contributed by atoms with Gasteiger partial charge in [0.2, 0.25) is 0 Å². The molecule has 0 aromatic heterocycles. The van der Waals surface area contributed by atoms with Gasteiger partial charge in [-0.3, -0.25) is 0 Å². The summed E-state index contributed by atoms with van der Waals surface area (Å²) in [5.74, 6) is 0. The summed E-state index contributed by atoms with van der Waals surface area (Å²) in [6.45, 7) is 13.4. The smallest absolute Gasteiger partial charge is 0.0253 e. The van der Waals surface area contributed by atoms with Gasteiger partial charge in [-0.25, -0.2) is 0 Å². The third-order valence-electron chi connectivity index (χ3n) is 5.94. The molecule has 0 unspecified atom stereocenters. The molecule has 2 aliphatic carbocycles. The Hall–Kier alpha value is -1.44. The number of unbranched alkanes of at least 4 members (excludes halogenated alkanes) is 2. The SMILES string of the molecule is Cl.Cl.[CH2-]CCC.[CH2-]CCC.[SiH2]=[Zr].[c-]1cccc2c1Cc1ccccc1-2.[c-]1cccc2c1Cc1ccccc1-2. The Balaban J connectivity index is 0.000000520. The molecule has 38 heavy (non-hydrogen) atoms. The second-order valence-corrected chi connectivity index (χ2v) is 8.50. The summed E-state index contributed by atoms with van der Waals surface area (Å²) in [6.07, 6.45) is 6.65. The zero-order chi connectivity index (χ0) is 26.2. The minimum absolute atomic E-state index is 0. The van der Waals surface area contributed by atoms with Crippen molar-refractivity contribution in [2.45, 2.75) is 52.4 Å². The van der Waals surface area contributed by atoms with E-state index in [4.69, 9.17) is 0 Å². The Kier molecular flexibility index (Phi) is 20.6. The van der Waals surface area contributed by atoms with Crippen LogP contribution < -0.4 is 0 Å². The molecule has 0 radical (unpaired) electrons. The summed E-state index contributed by atoms with van der Waals surface area (Å²) < 4.78 is 0. The fraction of sp³-hybridized carbons (Fsp3) is 0.235. The standard InChI is InChI=1S/2C13H9.2C4H9.2ClH.H2Si.Zr/c2*1-3-7-12-10(5-1)9-11-6-2-4-8-13(11)12;2*1-3-4-2;;;;/h2*1-5,7-8H,9H2;2*1,3-4H2,2H3;2*1H;1H2;/q4*-1;;;;. The van der Waals surface area contributed by atoms with Crippen LogP contribution in [0.2, 0.25) is 0 Å². The first-order valence-electron chi connectivity index (χ1n) is 12.8. The number of rotatable bonds is 2. The van der Waals surface area contributed by atoms with Crippen LogP contribution in [0.3, 0.4) is 0 Å². The van der Waals surface area contributed by atoms with Gasteiger partial charge in [-0.05, 0) is 12.8 Å². The fourth-order valence-electron chi connectivity index (χ4n) is 4.00. The molecule has 0 heterocycles. The van der Waals surface area contributed by atoms with E-state index in [1.807, 2.05) is 19.0 Å². The molecule has 0 saturated heterocycles. The largest absolute Gasteiger partial charge is 0.179 e. The van der Waals surface area contributed by atoms with Crippen molar-refractivity contribution in [3.63, 3.8) is 0 Å². The molecule has 0 aliphatic heterocycles. The van der Waals surface area contributed by atoms with Crippen LogP contribution in [0.25, 0.3) is 22.3 Å². The molecule has 202 valence electrons. The summed E-state index contributed by atoms with van der Waals surface area (Å²) in [4.78, 5) is 0. The number of halogens is 2. The minimum Gasteiger partial charge on any atom is -0.179 e. The van der Waals surface area contributed by atoms with Crippen LogP contribution in [0.4, 0.5) is 0 Å². The number of fused-ring (bicyclic) bond motifs is 6. The Morgan fingerprint density at radius 3 is 1.26 bits per heavy atom. The molecule has 0 N–H and O–H groups in total. The van der Waals surface area contributed by atoms with Gasteiger partial charge in [0.1, 0.15) is 0 Å². The van der Waals surface area contributed by atoms with Gasteiger partial charge in [-0.2, -0.15) is 72.5 Å². The maximum Gasteiger partial charge on any atom is -0.0253 e. The van der Waals surface area contributed by atoms with Crippen molar-refractivity contribution in [1.82, 2.24) is 0 Å². The molecule has 4 aromatic carbocycles. The molecule has 4 heteroatoms. The Morgan fingerprint density at radius 2 is 0.921 bits per heavy atom. The van der Waals surface area contributed by atoms with Crippen molar-refractivity contribution in [3.05, 3.63) is 133 Å². The predicted molar refractivity (Wildman–Crippen MR) is 171 cm³/mol. The quantitative estimate of drug-likeness (QED) is 0.131. The van der Waals surface area contributed by atoms with Crippen LogP contribution in [0, 0.1) is 26.0 Å². The van der Waals surface area contributed by atoms with Crippen LogP contribution in [0.15, 0.2) is 84.9 Å². The second-order valence-electron chi connectivity index (χ2n) is 8.50. The molecule has 0 fully saturated rings. The van der Waals surface area contributed by atoms with E-state index in [1.54, 1.807) is 23.3 Å². The van der Waals surface area contributed by atoms with Gasteiger partial charge in [0, 0.05) is 0 Å². The van der Waals surface area contributed by atoms with E-state index in [2.05, 4.69) is 113 Å². The Bertz CT molecular complexity index is 1010. The van der Waals surface area contributed by atoms with Crippen LogP contribution in [0.5, 0.6) is 0 Å². The monoisotopic (exact) mass is 636 g/mol. The average molecular weight is 639 g/mol. The molecule has 0 amide bonds. The molecular formula is C34H40Cl2SiZr-4. The van der Waals surface area contributed by atoms with E-state index in [0.29, 0.717) is 0 Å². The van der Waals surface area contributed by atoms with Gasteiger partial charge < -0.3 is 13.8 Å². The molecule has 4 aromatic rings. The van der Waals surface area contributed by atoms with Crippen molar-refractivity contribution in [3.8, 4) is 22.3 Å². The van der Waals surface area contributed by atoms with E-state index in [-0.39, 0.29) is 24.8 Å². The fourth-order valence-corrected chi connectivity index (χ4v) is 4.00. The molecule has 0 nitrogen and oxygen atoms in total. The van der Waals surface area contributed by atoms with Gasteiger partial charge in [-0.15, -0.1) is 35.9 Å². The van der Waals surface area contributed by atoms with Crippen molar-refractivity contribution in [2.75, 3.05) is 0 Å². The molecule has 2 aliphatic rings. The number of hydrogen-bond donors (Lipinski definition) is 0. The van der Waals surface area contributed by atoms with Crippen molar-refractivity contribution in [1.29, 1.82) is 0 Å².